The van der Waals surface area contributed by atoms with Crippen molar-refractivity contribution < 1.29 is 62.8 Å². The van der Waals surface area contributed by atoms with Crippen molar-refractivity contribution in [1.29, 1.82) is 0 Å². The largest absolute Gasteiger partial charge is 0.470 e. The van der Waals surface area contributed by atoms with Crippen LogP contribution in [0.5, 0.6) is 0 Å². The molecule has 1 heterocycles. The average molecular weight is 922 g/mol. The minimum Gasteiger partial charge on any atom is -0.457 e. The zero-order chi connectivity index (χ0) is 46.6. The molecule has 372 valence electrons. The van der Waals surface area contributed by atoms with Crippen LogP contribution in [0.25, 0.3) is 0 Å². The van der Waals surface area contributed by atoms with Gasteiger partial charge < -0.3 is 44.6 Å². The highest BCUT2D eigenvalue weighted by Gasteiger charge is 2.53. The van der Waals surface area contributed by atoms with Crippen molar-refractivity contribution in [2.45, 2.75) is 282 Å². The highest BCUT2D eigenvalue weighted by molar-refractivity contribution is 7.46. The van der Waals surface area contributed by atoms with E-state index in [2.05, 4.69) is 26.1 Å². The summed E-state index contributed by atoms with van der Waals surface area (Å²) in [7, 11) is -5.30. The number of carbonyl (C=O) groups is 3. The Bertz CT molecular complexity index is 1190. The van der Waals surface area contributed by atoms with Gasteiger partial charge in [-0.05, 0) is 19.3 Å². The number of hydrogen-bond donors (Lipinski definition) is 6. The molecule has 0 saturated carbocycles. The molecule has 1 aliphatic heterocycles. The van der Waals surface area contributed by atoms with Crippen LogP contribution in [-0.4, -0.2) is 92.4 Å². The van der Waals surface area contributed by atoms with Crippen LogP contribution in [0, 0.1) is 0 Å². The fourth-order valence-corrected chi connectivity index (χ4v) is 8.86. The molecular weight excluding hydrogens is 829 g/mol. The number of unbranched alkanes of at least 4 members (excludes halogenated alkanes) is 26. The molecule has 0 aromatic rings. The van der Waals surface area contributed by atoms with Crippen LogP contribution >= 0.6 is 7.82 Å². The fourth-order valence-electron chi connectivity index (χ4n) is 8.29. The number of nitrogens with one attached hydrogen (secondary N) is 1. The molecule has 1 aliphatic rings. The summed E-state index contributed by atoms with van der Waals surface area (Å²) in [5, 5.41) is 34.5. The lowest BCUT2D eigenvalue weighted by Crippen LogP contribution is -2.66. The molecule has 6 N–H and O–H groups in total. The number of ether oxygens (including phenoxy) is 3. The summed E-state index contributed by atoms with van der Waals surface area (Å²) in [5.74, 6) is -2.32. The van der Waals surface area contributed by atoms with Gasteiger partial charge in [-0.1, -0.05) is 201 Å². The minimum absolute atomic E-state index is 0.0667. The number of phosphoric ester groups is 1. The second-order valence-electron chi connectivity index (χ2n) is 18.1. The molecule has 0 bridgehead atoms. The van der Waals surface area contributed by atoms with Crippen LogP contribution < -0.4 is 5.32 Å². The maximum atomic E-state index is 13.5. The summed E-state index contributed by atoms with van der Waals surface area (Å²) in [6.07, 6.45) is 22.7. The first-order valence-electron chi connectivity index (χ1n) is 25.4. The molecule has 0 unspecified atom stereocenters. The lowest BCUT2D eigenvalue weighted by atomic mass is 9.96. The lowest BCUT2D eigenvalue weighted by molar-refractivity contribution is -0.265. The van der Waals surface area contributed by atoms with Gasteiger partial charge in [0.05, 0.1) is 31.7 Å². The quantitative estimate of drug-likeness (QED) is 0.0191. The first-order valence-corrected chi connectivity index (χ1v) is 26.9. The van der Waals surface area contributed by atoms with Gasteiger partial charge in [0.2, 0.25) is 12.2 Å². The number of hydrogen-bond acceptors (Lipinski definition) is 11. The third-order valence-corrected chi connectivity index (χ3v) is 12.5. The number of phosphoric acid groups is 1. The third kappa shape index (κ3) is 31.8. The number of aliphatic hydroxyl groups excluding tert-OH is 3. The molecule has 0 aliphatic carbocycles. The van der Waals surface area contributed by atoms with Gasteiger partial charge in [0.15, 0.2) is 6.10 Å². The summed E-state index contributed by atoms with van der Waals surface area (Å²) in [5.41, 5.74) is 0. The number of esters is 2. The van der Waals surface area contributed by atoms with Crippen molar-refractivity contribution in [2.75, 3.05) is 6.61 Å². The molecule has 63 heavy (non-hydrogen) atoms. The topological polar surface area (TPSA) is 218 Å². The van der Waals surface area contributed by atoms with Gasteiger partial charge in [0, 0.05) is 6.42 Å². The number of rotatable bonds is 42. The third-order valence-electron chi connectivity index (χ3n) is 12.0. The Morgan fingerprint density at radius 2 is 0.921 bits per heavy atom. The molecule has 15 heteroatoms. The van der Waals surface area contributed by atoms with E-state index in [9.17, 15) is 44.1 Å². The van der Waals surface area contributed by atoms with Crippen molar-refractivity contribution in [3.8, 4) is 0 Å². The Hall–Kier alpha value is -1.64. The van der Waals surface area contributed by atoms with Crippen LogP contribution in [0.15, 0.2) is 0 Å². The fraction of sp³-hybridized carbons (Fsp3) is 0.938. The number of amides is 1. The predicted octanol–water partition coefficient (Wildman–Crippen LogP) is 10.2. The average Bonchev–Trinajstić information content (AvgIpc) is 3.22. The summed E-state index contributed by atoms with van der Waals surface area (Å²) in [6.45, 7) is 5.69. The van der Waals surface area contributed by atoms with E-state index in [1.54, 1.807) is 0 Å². The summed E-state index contributed by atoms with van der Waals surface area (Å²) < 4.78 is 34.5. The van der Waals surface area contributed by atoms with Crippen LogP contribution in [0.1, 0.15) is 239 Å². The van der Waals surface area contributed by atoms with Gasteiger partial charge in [0.25, 0.3) is 0 Å². The Labute approximate surface area is 381 Å². The highest BCUT2D eigenvalue weighted by Crippen LogP contribution is 2.42. The zero-order valence-electron chi connectivity index (χ0n) is 39.7. The van der Waals surface area contributed by atoms with Gasteiger partial charge in [-0.25, -0.2) is 4.57 Å². The zero-order valence-corrected chi connectivity index (χ0v) is 40.6. The predicted molar refractivity (Wildman–Crippen MR) is 247 cm³/mol. The van der Waals surface area contributed by atoms with E-state index in [0.717, 1.165) is 70.6 Å². The monoisotopic (exact) mass is 922 g/mol. The Morgan fingerprint density at radius 3 is 1.30 bits per heavy atom. The van der Waals surface area contributed by atoms with E-state index in [1.807, 2.05) is 0 Å². The van der Waals surface area contributed by atoms with Crippen LogP contribution in [-0.2, 0) is 37.7 Å². The van der Waals surface area contributed by atoms with E-state index >= 15 is 0 Å². The van der Waals surface area contributed by atoms with E-state index in [-0.39, 0.29) is 6.42 Å². The first kappa shape index (κ1) is 59.4. The molecule has 1 amide bonds. The summed E-state index contributed by atoms with van der Waals surface area (Å²) >= 11 is 0. The maximum Gasteiger partial charge on any atom is 0.470 e. The van der Waals surface area contributed by atoms with Gasteiger partial charge in [0.1, 0.15) is 18.2 Å². The van der Waals surface area contributed by atoms with Gasteiger partial charge in [-0.3, -0.25) is 18.9 Å². The van der Waals surface area contributed by atoms with E-state index in [4.69, 9.17) is 18.7 Å². The molecule has 1 saturated heterocycles. The normalized spacial score (nSPS) is 20.0. The molecule has 0 aromatic carbocycles. The smallest absolute Gasteiger partial charge is 0.457 e. The molecule has 14 nitrogen and oxygen atoms in total. The van der Waals surface area contributed by atoms with Crippen molar-refractivity contribution in [1.82, 2.24) is 5.32 Å². The van der Waals surface area contributed by atoms with Gasteiger partial charge in [-0.15, -0.1) is 0 Å². The standard InChI is InChI=1S/C48H92NO13P/c1-4-7-10-13-16-19-20-23-26-29-32-35-42(53)49-45-47(60-43(54)36-39(51)33-30-27-24-21-17-14-11-8-5-2)46(62-63(56,57)58)41(38-50)59-48(45)61-44(55)37-40(52)34-31-28-25-22-18-15-12-9-6-3/h39-41,45-48,50-52H,4-38H2,1-3H3,(H,49,53)(H2,56,57,58)/t39-,40-,41-,45-,46-,47-,48-/m1/s1. The van der Waals surface area contributed by atoms with Gasteiger partial charge in [-0.2, -0.15) is 0 Å². The van der Waals surface area contributed by atoms with Crippen molar-refractivity contribution in [3.63, 3.8) is 0 Å². The molecule has 0 spiro atoms. The Balaban J connectivity index is 3.02. The molecular formula is C48H92NO13P. The highest BCUT2D eigenvalue weighted by atomic mass is 31.2. The minimum atomic E-state index is -5.30. The van der Waals surface area contributed by atoms with Crippen molar-refractivity contribution in [3.05, 3.63) is 0 Å². The van der Waals surface area contributed by atoms with Crippen LogP contribution in [0.2, 0.25) is 0 Å². The first-order chi connectivity index (χ1) is 30.3. The molecule has 1 fully saturated rings. The molecule has 0 radical (unpaired) electrons. The maximum absolute atomic E-state index is 13.5. The van der Waals surface area contributed by atoms with Crippen LogP contribution in [0.4, 0.5) is 0 Å². The summed E-state index contributed by atoms with van der Waals surface area (Å²) in [4.78, 5) is 59.9. The molecule has 1 rings (SSSR count). The summed E-state index contributed by atoms with van der Waals surface area (Å²) in [6, 6.07) is -1.51. The SMILES string of the molecule is CCCCCCCCCCCCCC(=O)N[C@H]1[C@@H](OC(=O)C[C@H](O)CCCCCCCCCCC)O[C@H](CO)[C@@H](OP(=O)(O)O)[C@@H]1OC(=O)C[C@H](O)CCCCCCCCCCC. The Morgan fingerprint density at radius 1 is 0.556 bits per heavy atom. The molecule has 7 atom stereocenters. The lowest BCUT2D eigenvalue weighted by Gasteiger charge is -2.44. The second-order valence-corrected chi connectivity index (χ2v) is 19.3. The van der Waals surface area contributed by atoms with Crippen molar-refractivity contribution >= 4 is 25.7 Å². The number of carbonyl (C=O) groups excluding carboxylic acids is 3. The van der Waals surface area contributed by atoms with Gasteiger partial charge >= 0.3 is 19.8 Å². The van der Waals surface area contributed by atoms with E-state index in [1.165, 1.54) is 103 Å². The van der Waals surface area contributed by atoms with Crippen molar-refractivity contribution in [2.24, 2.45) is 0 Å². The van der Waals surface area contributed by atoms with E-state index in [0.29, 0.717) is 25.7 Å². The van der Waals surface area contributed by atoms with E-state index < -0.39 is 88.0 Å². The number of aliphatic hydroxyl groups is 3. The van der Waals surface area contributed by atoms with Crippen LogP contribution in [0.3, 0.4) is 0 Å². The second kappa shape index (κ2) is 38.5. The molecule has 0 aromatic heterocycles. The Kier molecular flexibility index (Phi) is 36.3.